The van der Waals surface area contributed by atoms with E-state index in [9.17, 15) is 0 Å². The molecule has 0 aliphatic rings. The molecule has 0 saturated heterocycles. The molecule has 49 heavy (non-hydrogen) atoms. The number of aromatic nitrogens is 3. The van der Waals surface area contributed by atoms with Gasteiger partial charge in [-0.05, 0) is 58.1 Å². The molecule has 0 fully saturated rings. The average Bonchev–Trinajstić information content (AvgIpc) is 3.57. The molecular formula is C45H29N3S. The van der Waals surface area contributed by atoms with Crippen molar-refractivity contribution in [2.75, 3.05) is 0 Å². The van der Waals surface area contributed by atoms with Gasteiger partial charge in [0.25, 0.3) is 0 Å². The minimum absolute atomic E-state index is 0.650. The molecule has 0 bridgehead atoms. The van der Waals surface area contributed by atoms with Crippen molar-refractivity contribution in [2.24, 2.45) is 0 Å². The Morgan fingerprint density at radius 1 is 0.306 bits per heavy atom. The third-order valence-corrected chi connectivity index (χ3v) is 10.2. The van der Waals surface area contributed by atoms with Crippen LogP contribution in [0.3, 0.4) is 0 Å². The maximum Gasteiger partial charge on any atom is 0.164 e. The van der Waals surface area contributed by atoms with Gasteiger partial charge in [0.1, 0.15) is 0 Å². The van der Waals surface area contributed by atoms with Crippen LogP contribution in [0.5, 0.6) is 0 Å². The number of thiophene rings is 1. The van der Waals surface area contributed by atoms with Gasteiger partial charge in [-0.2, -0.15) is 0 Å². The molecule has 9 rings (SSSR count). The highest BCUT2D eigenvalue weighted by Gasteiger charge is 2.17. The predicted octanol–water partition coefficient (Wildman–Crippen LogP) is 12.2. The Kier molecular flexibility index (Phi) is 7.34. The van der Waals surface area contributed by atoms with E-state index >= 15 is 0 Å². The average molecular weight is 644 g/mol. The zero-order chi connectivity index (χ0) is 32.6. The lowest BCUT2D eigenvalue weighted by Crippen LogP contribution is -2.00. The molecule has 2 heterocycles. The van der Waals surface area contributed by atoms with Crippen LogP contribution in [0.4, 0.5) is 0 Å². The molecule has 0 atom stereocenters. The fourth-order valence-electron chi connectivity index (χ4n) is 6.44. The highest BCUT2D eigenvalue weighted by molar-refractivity contribution is 7.26. The Labute approximate surface area is 288 Å². The Bertz CT molecular complexity index is 2560. The second kappa shape index (κ2) is 12.4. The molecule has 4 heteroatoms. The largest absolute Gasteiger partial charge is 0.208 e. The number of hydrogen-bond acceptors (Lipinski definition) is 4. The lowest BCUT2D eigenvalue weighted by Gasteiger charge is -2.10. The van der Waals surface area contributed by atoms with E-state index in [0.29, 0.717) is 17.5 Å². The smallest absolute Gasteiger partial charge is 0.164 e. The molecule has 0 radical (unpaired) electrons. The van der Waals surface area contributed by atoms with E-state index in [0.717, 1.165) is 22.3 Å². The van der Waals surface area contributed by atoms with E-state index in [1.54, 1.807) is 0 Å². The monoisotopic (exact) mass is 643 g/mol. The molecule has 0 aliphatic heterocycles. The van der Waals surface area contributed by atoms with Crippen LogP contribution in [-0.2, 0) is 0 Å². The van der Waals surface area contributed by atoms with E-state index in [4.69, 9.17) is 15.0 Å². The second-order valence-corrected chi connectivity index (χ2v) is 13.1. The van der Waals surface area contributed by atoms with Crippen LogP contribution in [0.1, 0.15) is 0 Å². The van der Waals surface area contributed by atoms with Gasteiger partial charge in [0.05, 0.1) is 0 Å². The highest BCUT2D eigenvalue weighted by atomic mass is 32.1. The SMILES string of the molecule is c1ccc(-c2ccc(-c3nc(-c4ccccc4)nc(-c4ccc5sc6c(-c7ccccc7)cc(-c7ccccc7)cc6c5c4)n3)cc2)cc1. The molecule has 3 nitrogen and oxygen atoms in total. The zero-order valence-corrected chi connectivity index (χ0v) is 27.3. The molecule has 0 unspecified atom stereocenters. The summed E-state index contributed by atoms with van der Waals surface area (Å²) in [6, 6.07) is 61.6. The van der Waals surface area contributed by atoms with Crippen LogP contribution in [0.25, 0.3) is 87.7 Å². The zero-order valence-electron chi connectivity index (χ0n) is 26.5. The standard InChI is InChI=1S/C45H29N3S/c1-5-13-30(14-6-1)32-21-23-35(24-22-32)44-46-43(34-19-11-4-12-20-34)47-45(48-44)36-25-26-41-39(27-36)40-29-37(31-15-7-2-8-16-31)28-38(42(40)49-41)33-17-9-3-10-18-33/h1-29H. The normalized spacial score (nSPS) is 11.3. The molecule has 0 aliphatic carbocycles. The van der Waals surface area contributed by atoms with Crippen LogP contribution in [0.2, 0.25) is 0 Å². The summed E-state index contributed by atoms with van der Waals surface area (Å²) in [6.45, 7) is 0. The molecule has 0 saturated carbocycles. The van der Waals surface area contributed by atoms with Gasteiger partial charge in [-0.3, -0.25) is 0 Å². The van der Waals surface area contributed by atoms with Gasteiger partial charge in [-0.25, -0.2) is 15.0 Å². The van der Waals surface area contributed by atoms with Gasteiger partial charge in [0.15, 0.2) is 17.5 Å². The summed E-state index contributed by atoms with van der Waals surface area (Å²) in [5.41, 5.74) is 10.0. The van der Waals surface area contributed by atoms with Crippen LogP contribution in [0.15, 0.2) is 176 Å². The van der Waals surface area contributed by atoms with Crippen LogP contribution in [-0.4, -0.2) is 15.0 Å². The van der Waals surface area contributed by atoms with Crippen molar-refractivity contribution in [3.05, 3.63) is 176 Å². The maximum atomic E-state index is 5.08. The van der Waals surface area contributed by atoms with Crippen LogP contribution >= 0.6 is 11.3 Å². The Balaban J connectivity index is 1.22. The highest BCUT2D eigenvalue weighted by Crippen LogP contribution is 2.43. The lowest BCUT2D eigenvalue weighted by atomic mass is 9.96. The first-order valence-corrected chi connectivity index (χ1v) is 17.2. The summed E-state index contributed by atoms with van der Waals surface area (Å²) in [5.74, 6) is 1.96. The quantitative estimate of drug-likeness (QED) is 0.181. The fourth-order valence-corrected chi connectivity index (χ4v) is 7.64. The Morgan fingerprint density at radius 2 is 0.714 bits per heavy atom. The molecule has 0 amide bonds. The van der Waals surface area contributed by atoms with Crippen molar-refractivity contribution in [3.8, 4) is 67.5 Å². The number of hydrogen-bond donors (Lipinski definition) is 0. The lowest BCUT2D eigenvalue weighted by molar-refractivity contribution is 1.07. The predicted molar refractivity (Wildman–Crippen MR) is 205 cm³/mol. The third-order valence-electron chi connectivity index (χ3n) is 8.94. The van der Waals surface area contributed by atoms with Gasteiger partial charge in [-0.1, -0.05) is 146 Å². The summed E-state index contributed by atoms with van der Waals surface area (Å²) < 4.78 is 2.51. The van der Waals surface area contributed by atoms with Gasteiger partial charge in [0, 0.05) is 42.4 Å². The van der Waals surface area contributed by atoms with Crippen molar-refractivity contribution in [1.29, 1.82) is 0 Å². The number of rotatable bonds is 6. The minimum Gasteiger partial charge on any atom is -0.208 e. The molecular weight excluding hydrogens is 615 g/mol. The third kappa shape index (κ3) is 5.58. The van der Waals surface area contributed by atoms with E-state index in [-0.39, 0.29) is 0 Å². The summed E-state index contributed by atoms with van der Waals surface area (Å²) in [6.07, 6.45) is 0. The topological polar surface area (TPSA) is 38.7 Å². The summed E-state index contributed by atoms with van der Waals surface area (Å²) >= 11 is 1.84. The summed E-state index contributed by atoms with van der Waals surface area (Å²) in [5, 5.41) is 2.43. The summed E-state index contributed by atoms with van der Waals surface area (Å²) in [4.78, 5) is 15.1. The van der Waals surface area contributed by atoms with Gasteiger partial charge < -0.3 is 0 Å². The van der Waals surface area contributed by atoms with Crippen LogP contribution in [0, 0.1) is 0 Å². The molecule has 9 aromatic rings. The molecule has 2 aromatic heterocycles. The minimum atomic E-state index is 0.650. The van der Waals surface area contributed by atoms with Crippen molar-refractivity contribution < 1.29 is 0 Å². The van der Waals surface area contributed by atoms with Gasteiger partial charge >= 0.3 is 0 Å². The first-order valence-electron chi connectivity index (χ1n) is 16.4. The molecule has 7 aromatic carbocycles. The van der Waals surface area contributed by atoms with E-state index in [1.165, 1.54) is 48.0 Å². The fraction of sp³-hybridized carbons (Fsp3) is 0. The van der Waals surface area contributed by atoms with E-state index in [1.807, 2.05) is 47.7 Å². The van der Waals surface area contributed by atoms with Gasteiger partial charge in [-0.15, -0.1) is 11.3 Å². The Morgan fingerprint density at radius 3 is 1.31 bits per heavy atom. The van der Waals surface area contributed by atoms with Crippen molar-refractivity contribution >= 4 is 31.5 Å². The van der Waals surface area contributed by atoms with E-state index < -0.39 is 0 Å². The van der Waals surface area contributed by atoms with E-state index in [2.05, 4.69) is 140 Å². The number of benzene rings is 7. The molecule has 0 N–H and O–H groups in total. The molecule has 0 spiro atoms. The van der Waals surface area contributed by atoms with Crippen molar-refractivity contribution in [3.63, 3.8) is 0 Å². The summed E-state index contributed by atoms with van der Waals surface area (Å²) in [7, 11) is 0. The molecule has 230 valence electrons. The first-order chi connectivity index (χ1) is 24.3. The van der Waals surface area contributed by atoms with Crippen molar-refractivity contribution in [2.45, 2.75) is 0 Å². The van der Waals surface area contributed by atoms with Crippen molar-refractivity contribution in [1.82, 2.24) is 15.0 Å². The van der Waals surface area contributed by atoms with Gasteiger partial charge in [0.2, 0.25) is 0 Å². The maximum absolute atomic E-state index is 5.08. The number of nitrogens with zero attached hydrogens (tertiary/aromatic N) is 3. The van der Waals surface area contributed by atoms with Crippen LogP contribution < -0.4 is 0 Å². The Hall–Kier alpha value is -6.23. The number of fused-ring (bicyclic) bond motifs is 3. The first kappa shape index (κ1) is 29.0. The second-order valence-electron chi connectivity index (χ2n) is 12.1.